The van der Waals surface area contributed by atoms with Gasteiger partial charge in [0.05, 0.1) is 6.10 Å². The van der Waals surface area contributed by atoms with Crippen LogP contribution in [0.25, 0.3) is 0 Å². The van der Waals surface area contributed by atoms with Gasteiger partial charge in [-0.1, -0.05) is 39.5 Å². The summed E-state index contributed by atoms with van der Waals surface area (Å²) in [5.74, 6) is 2.30. The van der Waals surface area contributed by atoms with Gasteiger partial charge in [-0.2, -0.15) is 0 Å². The van der Waals surface area contributed by atoms with Gasteiger partial charge in [0.25, 0.3) is 5.69 Å². The van der Waals surface area contributed by atoms with Crippen LogP contribution >= 0.6 is 33.0 Å². The molecule has 22 heavy (non-hydrogen) atoms. The third-order valence-corrected chi connectivity index (χ3v) is 9.40. The van der Waals surface area contributed by atoms with Crippen LogP contribution in [0.4, 0.5) is 0 Å². The molecule has 122 valence electrons. The highest BCUT2D eigenvalue weighted by molar-refractivity contribution is 9.10. The average Bonchev–Trinajstić information content (AvgIpc) is 2.51. The number of hydrogen-bond donors (Lipinski definition) is 0. The lowest BCUT2D eigenvalue weighted by molar-refractivity contribution is 0.211. The first-order valence-electron chi connectivity index (χ1n) is 7.41. The van der Waals surface area contributed by atoms with Gasteiger partial charge in [-0.05, 0) is 75.1 Å². The molecule has 1 heterocycles. The summed E-state index contributed by atoms with van der Waals surface area (Å²) >= 11 is 10.8. The Labute approximate surface area is 151 Å². The van der Waals surface area contributed by atoms with Crippen molar-refractivity contribution in [3.8, 4) is 5.75 Å². The minimum absolute atomic E-state index is 0.119. The molecule has 1 unspecified atom stereocenters. The van der Waals surface area contributed by atoms with Gasteiger partial charge in [-0.15, -0.1) is 0 Å². The van der Waals surface area contributed by atoms with Gasteiger partial charge in [-0.3, -0.25) is 0 Å². The van der Waals surface area contributed by atoms with Gasteiger partial charge >= 0.3 is 0 Å². The number of hydrogen-bond acceptors (Lipinski definition) is 4. The van der Waals surface area contributed by atoms with E-state index in [1.165, 1.54) is 5.57 Å². The maximum Gasteiger partial charge on any atom is 0.297 e. The molecule has 6 heteroatoms. The molecule has 0 spiro atoms. The minimum Gasteiger partial charge on any atom is -0.436 e. The molecule has 1 aliphatic rings. The molecule has 0 N–H and O–H groups in total. The largest absolute Gasteiger partial charge is 0.436 e. The van der Waals surface area contributed by atoms with Crippen molar-refractivity contribution < 1.29 is 9.05 Å². The molecule has 1 fully saturated rings. The van der Waals surface area contributed by atoms with Crippen LogP contribution in [-0.4, -0.2) is 11.9 Å². The first kappa shape index (κ1) is 18.5. The molecule has 2 rings (SSSR count). The van der Waals surface area contributed by atoms with E-state index >= 15 is 0 Å². The molecule has 0 amide bonds. The van der Waals surface area contributed by atoms with E-state index in [0.29, 0.717) is 5.92 Å². The van der Waals surface area contributed by atoms with Gasteiger partial charge in [0.15, 0.2) is 0 Å². The van der Waals surface area contributed by atoms with Crippen molar-refractivity contribution in [3.05, 3.63) is 40.9 Å². The maximum atomic E-state index is 6.15. The average molecular weight is 421 g/mol. The van der Waals surface area contributed by atoms with E-state index in [-0.39, 0.29) is 6.10 Å². The Kier molecular flexibility index (Phi) is 7.03. The number of rotatable bonds is 3. The third kappa shape index (κ3) is 5.68. The van der Waals surface area contributed by atoms with Crippen molar-refractivity contribution in [2.24, 2.45) is 5.92 Å². The Morgan fingerprint density at radius 1 is 1.36 bits per heavy atom. The number of halogens is 1. The summed E-state index contributed by atoms with van der Waals surface area (Å²) in [6.07, 6.45) is 3.33. The predicted molar refractivity (Wildman–Crippen MR) is 104 cm³/mol. The van der Waals surface area contributed by atoms with Crippen molar-refractivity contribution in [1.82, 2.24) is 0 Å². The quantitative estimate of drug-likeness (QED) is 0.406. The van der Waals surface area contributed by atoms with Crippen molar-refractivity contribution in [2.45, 2.75) is 39.2 Å². The molecule has 0 radical (unpaired) electrons. The second-order valence-corrected chi connectivity index (χ2v) is 12.9. The normalized spacial score (nSPS) is 30.0. The van der Waals surface area contributed by atoms with E-state index < -0.39 is 5.69 Å². The Hall–Kier alpha value is 0.200. The molecule has 1 aromatic rings. The third-order valence-electron chi connectivity index (χ3n) is 3.67. The minimum atomic E-state index is -2.36. The molecular formula is C16H22BrO2PS2. The topological polar surface area (TPSA) is 18.5 Å². The number of allylic oxidation sites excluding steroid dienone is 1. The van der Waals surface area contributed by atoms with Crippen molar-refractivity contribution in [1.29, 1.82) is 0 Å². The molecule has 0 bridgehead atoms. The van der Waals surface area contributed by atoms with Crippen LogP contribution in [0.2, 0.25) is 0 Å². The molecule has 1 aliphatic heterocycles. The molecule has 2 nitrogen and oxygen atoms in total. The predicted octanol–water partition coefficient (Wildman–Crippen LogP) is 6.57. The lowest BCUT2D eigenvalue weighted by atomic mass is 9.93. The van der Waals surface area contributed by atoms with Gasteiger partial charge in [0, 0.05) is 10.2 Å². The zero-order chi connectivity index (χ0) is 16.2. The van der Waals surface area contributed by atoms with E-state index in [1.807, 2.05) is 24.3 Å². The van der Waals surface area contributed by atoms with E-state index in [2.05, 4.69) is 36.4 Å². The standard InChI is InChI=1S/C16H22BrO2PS2/c1-12(2)14-5-4-13(3)18-20(21,22-11-10-14)19-16-8-6-15(17)7-9-16/h6-9,13-14H,1,4-5,10-11H2,2-3H3/t13-,14?,20-/m1/s1. The summed E-state index contributed by atoms with van der Waals surface area (Å²) in [6.45, 7) is 8.33. The Morgan fingerprint density at radius 2 is 2.05 bits per heavy atom. The smallest absolute Gasteiger partial charge is 0.297 e. The van der Waals surface area contributed by atoms with Crippen molar-refractivity contribution in [3.63, 3.8) is 0 Å². The number of benzene rings is 1. The first-order valence-corrected chi connectivity index (χ1v) is 12.4. The van der Waals surface area contributed by atoms with E-state index in [1.54, 1.807) is 11.4 Å². The summed E-state index contributed by atoms with van der Waals surface area (Å²) in [4.78, 5) is 0. The Morgan fingerprint density at radius 3 is 2.68 bits per heavy atom. The fourth-order valence-electron chi connectivity index (χ4n) is 2.36. The molecular weight excluding hydrogens is 399 g/mol. The van der Waals surface area contributed by atoms with Crippen LogP contribution in [0.5, 0.6) is 5.75 Å². The van der Waals surface area contributed by atoms with Crippen LogP contribution in [0.15, 0.2) is 40.9 Å². The van der Waals surface area contributed by atoms with Crippen LogP contribution in [-0.2, 0) is 16.3 Å². The summed E-state index contributed by atoms with van der Waals surface area (Å²) in [5, 5.41) is 0. The van der Waals surface area contributed by atoms with E-state index in [0.717, 1.165) is 35.2 Å². The van der Waals surface area contributed by atoms with E-state index in [9.17, 15) is 0 Å². The van der Waals surface area contributed by atoms with Gasteiger partial charge in [-0.25, -0.2) is 0 Å². The monoisotopic (exact) mass is 420 g/mol. The zero-order valence-corrected chi connectivity index (χ0v) is 17.1. The van der Waals surface area contributed by atoms with Crippen LogP contribution in [0, 0.1) is 5.92 Å². The van der Waals surface area contributed by atoms with Crippen LogP contribution in [0.3, 0.4) is 0 Å². The van der Waals surface area contributed by atoms with E-state index in [4.69, 9.17) is 20.9 Å². The summed E-state index contributed by atoms with van der Waals surface area (Å²) < 4.78 is 13.3. The lowest BCUT2D eigenvalue weighted by Crippen LogP contribution is -2.09. The summed E-state index contributed by atoms with van der Waals surface area (Å²) in [5.41, 5.74) is -1.10. The fourth-order valence-corrected chi connectivity index (χ4v) is 7.71. The Balaban J connectivity index is 2.09. The molecule has 0 aromatic heterocycles. The second-order valence-electron chi connectivity index (χ2n) is 5.65. The molecule has 1 aromatic carbocycles. The van der Waals surface area contributed by atoms with Crippen molar-refractivity contribution in [2.75, 3.05) is 5.75 Å². The zero-order valence-electron chi connectivity index (χ0n) is 13.0. The highest BCUT2D eigenvalue weighted by atomic mass is 79.9. The highest BCUT2D eigenvalue weighted by Gasteiger charge is 2.28. The molecule has 3 atom stereocenters. The van der Waals surface area contributed by atoms with Gasteiger partial charge < -0.3 is 9.05 Å². The Bertz CT molecular complexity index is 562. The second kappa shape index (κ2) is 8.34. The van der Waals surface area contributed by atoms with Crippen LogP contribution in [0.1, 0.15) is 33.1 Å². The summed E-state index contributed by atoms with van der Waals surface area (Å²) in [7, 11) is 0. The first-order chi connectivity index (χ1) is 10.4. The molecule has 0 saturated carbocycles. The van der Waals surface area contributed by atoms with Gasteiger partial charge in [0.2, 0.25) is 0 Å². The van der Waals surface area contributed by atoms with Crippen molar-refractivity contribution >= 4 is 44.8 Å². The van der Waals surface area contributed by atoms with Gasteiger partial charge in [0.1, 0.15) is 5.75 Å². The maximum absolute atomic E-state index is 6.15. The fraction of sp³-hybridized carbons (Fsp3) is 0.500. The highest BCUT2D eigenvalue weighted by Crippen LogP contribution is 2.62. The summed E-state index contributed by atoms with van der Waals surface area (Å²) in [6, 6.07) is 7.77. The molecule has 0 aliphatic carbocycles. The van der Waals surface area contributed by atoms with Crippen LogP contribution < -0.4 is 4.52 Å². The lowest BCUT2D eigenvalue weighted by Gasteiger charge is -2.24. The SMILES string of the molecule is C=C(C)C1CCS[P@@](=S)(Oc2ccc(Br)cc2)O[C@H](C)CC1. The molecule has 1 saturated heterocycles.